The number of aliphatic hydroxyl groups is 1. The van der Waals surface area contributed by atoms with E-state index in [9.17, 15) is 4.79 Å². The number of carboxylic acids is 1. The van der Waals surface area contributed by atoms with Crippen LogP contribution in [0.1, 0.15) is 10.4 Å². The van der Waals surface area contributed by atoms with Crippen molar-refractivity contribution in [2.75, 3.05) is 13.2 Å². The summed E-state index contributed by atoms with van der Waals surface area (Å²) in [5, 5.41) is 16.1. The Morgan fingerprint density at radius 2 is 1.71 bits per heavy atom. The molecule has 0 fully saturated rings. The Kier molecular flexibility index (Phi) is 11.4. The van der Waals surface area contributed by atoms with Crippen LogP contribution in [-0.2, 0) is 16.8 Å². The second-order valence-corrected chi connectivity index (χ2v) is 2.18. The Bertz CT molecular complexity index is 239. The number of benzene rings is 1. The molecule has 1 radical (unpaired) electrons. The molecule has 0 saturated carbocycles. The average Bonchev–Trinajstić information content (AvgIpc) is 2.19. The standard InChI is InChI=1S/C7H6O2.C2H7NO.Co/c8-7(9)6-4-2-1-3-5-6;3-1-2-4;/h1-5H,(H,8,9);4H,1-3H2;. The molecule has 0 aromatic heterocycles. The molecule has 5 heteroatoms. The third kappa shape index (κ3) is 7.75. The average molecular weight is 242 g/mol. The molecule has 81 valence electrons. The van der Waals surface area contributed by atoms with E-state index in [2.05, 4.69) is 0 Å². The number of nitrogens with two attached hydrogens (primary N) is 1. The van der Waals surface area contributed by atoms with Gasteiger partial charge in [0.1, 0.15) is 0 Å². The number of aliphatic hydroxyl groups excluding tert-OH is 1. The summed E-state index contributed by atoms with van der Waals surface area (Å²) < 4.78 is 0. The molecule has 0 unspecified atom stereocenters. The normalized spacial score (nSPS) is 7.86. The van der Waals surface area contributed by atoms with Crippen LogP contribution in [0, 0.1) is 0 Å². The Labute approximate surface area is 92.9 Å². The van der Waals surface area contributed by atoms with Crippen LogP contribution in [0.5, 0.6) is 0 Å². The first-order valence-corrected chi connectivity index (χ1v) is 3.81. The van der Waals surface area contributed by atoms with Gasteiger partial charge in [-0.1, -0.05) is 18.2 Å². The summed E-state index contributed by atoms with van der Waals surface area (Å²) in [5.41, 5.74) is 5.11. The monoisotopic (exact) mass is 242 g/mol. The quantitative estimate of drug-likeness (QED) is 0.697. The molecule has 0 saturated heterocycles. The second-order valence-electron chi connectivity index (χ2n) is 2.18. The largest absolute Gasteiger partial charge is 0.478 e. The van der Waals surface area contributed by atoms with Crippen molar-refractivity contribution >= 4 is 5.97 Å². The van der Waals surface area contributed by atoms with Crippen molar-refractivity contribution in [1.82, 2.24) is 0 Å². The zero-order chi connectivity index (χ0) is 10.1. The van der Waals surface area contributed by atoms with Crippen molar-refractivity contribution in [3.8, 4) is 0 Å². The van der Waals surface area contributed by atoms with E-state index < -0.39 is 5.97 Å². The van der Waals surface area contributed by atoms with E-state index in [0.717, 1.165) is 0 Å². The summed E-state index contributed by atoms with van der Waals surface area (Å²) in [6.07, 6.45) is 0. The Morgan fingerprint density at radius 3 is 1.93 bits per heavy atom. The van der Waals surface area contributed by atoms with Gasteiger partial charge in [0.05, 0.1) is 12.2 Å². The van der Waals surface area contributed by atoms with E-state index in [0.29, 0.717) is 12.1 Å². The summed E-state index contributed by atoms with van der Waals surface area (Å²) >= 11 is 0. The first-order chi connectivity index (χ1) is 6.22. The minimum Gasteiger partial charge on any atom is -0.478 e. The molecule has 0 aliphatic carbocycles. The zero-order valence-electron chi connectivity index (χ0n) is 7.51. The van der Waals surface area contributed by atoms with Crippen molar-refractivity contribution in [2.45, 2.75) is 0 Å². The van der Waals surface area contributed by atoms with Crippen LogP contribution < -0.4 is 5.73 Å². The Morgan fingerprint density at radius 1 is 1.29 bits per heavy atom. The molecule has 4 nitrogen and oxygen atoms in total. The molecule has 0 atom stereocenters. The number of hydrogen-bond acceptors (Lipinski definition) is 3. The second kappa shape index (κ2) is 10.2. The summed E-state index contributed by atoms with van der Waals surface area (Å²) in [7, 11) is 0. The summed E-state index contributed by atoms with van der Waals surface area (Å²) in [6.45, 7) is 0.472. The number of carboxylic acid groups (broad SMARTS) is 1. The molecular formula is C9H13CoNO3. The van der Waals surface area contributed by atoms with Crippen LogP contribution in [0.25, 0.3) is 0 Å². The number of hydrogen-bond donors (Lipinski definition) is 3. The van der Waals surface area contributed by atoms with E-state index in [-0.39, 0.29) is 23.4 Å². The SMILES string of the molecule is NCCO.O=C(O)c1ccccc1.[Co]. The predicted molar refractivity (Wildman–Crippen MR) is 49.5 cm³/mol. The molecule has 0 spiro atoms. The maximum absolute atomic E-state index is 10.2. The number of aromatic carboxylic acids is 1. The summed E-state index contributed by atoms with van der Waals surface area (Å²) in [4.78, 5) is 10.2. The fourth-order valence-corrected chi connectivity index (χ4v) is 0.581. The van der Waals surface area contributed by atoms with E-state index in [1.807, 2.05) is 0 Å². The van der Waals surface area contributed by atoms with Gasteiger partial charge in [-0.2, -0.15) is 0 Å². The molecule has 14 heavy (non-hydrogen) atoms. The molecule has 1 aromatic carbocycles. The summed E-state index contributed by atoms with van der Waals surface area (Å²) in [6, 6.07) is 8.30. The third-order valence-corrected chi connectivity index (χ3v) is 1.15. The maximum Gasteiger partial charge on any atom is 0.335 e. The fraction of sp³-hybridized carbons (Fsp3) is 0.222. The van der Waals surface area contributed by atoms with Gasteiger partial charge in [0.25, 0.3) is 0 Å². The first-order valence-electron chi connectivity index (χ1n) is 3.81. The van der Waals surface area contributed by atoms with Crippen LogP contribution >= 0.6 is 0 Å². The molecule has 1 rings (SSSR count). The van der Waals surface area contributed by atoms with Crippen LogP contribution in [0.3, 0.4) is 0 Å². The van der Waals surface area contributed by atoms with Crippen LogP contribution in [0.2, 0.25) is 0 Å². The van der Waals surface area contributed by atoms with Gasteiger partial charge >= 0.3 is 5.97 Å². The van der Waals surface area contributed by atoms with E-state index in [4.69, 9.17) is 15.9 Å². The topological polar surface area (TPSA) is 83.5 Å². The minimum atomic E-state index is -0.879. The molecule has 0 aliphatic rings. The van der Waals surface area contributed by atoms with Crippen molar-refractivity contribution in [2.24, 2.45) is 5.73 Å². The van der Waals surface area contributed by atoms with Gasteiger partial charge in [0.2, 0.25) is 0 Å². The molecule has 0 heterocycles. The molecule has 0 aliphatic heterocycles. The van der Waals surface area contributed by atoms with Crippen molar-refractivity contribution < 1.29 is 31.8 Å². The van der Waals surface area contributed by atoms with E-state index >= 15 is 0 Å². The van der Waals surface area contributed by atoms with Crippen molar-refractivity contribution in [3.05, 3.63) is 35.9 Å². The number of carbonyl (C=O) groups is 1. The van der Waals surface area contributed by atoms with Crippen LogP contribution in [0.15, 0.2) is 30.3 Å². The predicted octanol–water partition coefficient (Wildman–Crippen LogP) is 0.320. The molecule has 1 aromatic rings. The Balaban J connectivity index is 0. The third-order valence-electron chi connectivity index (χ3n) is 1.15. The van der Waals surface area contributed by atoms with Crippen molar-refractivity contribution in [3.63, 3.8) is 0 Å². The summed E-state index contributed by atoms with van der Waals surface area (Å²) in [5.74, 6) is -0.879. The fourth-order valence-electron chi connectivity index (χ4n) is 0.581. The number of rotatable bonds is 2. The van der Waals surface area contributed by atoms with Gasteiger partial charge in [-0.15, -0.1) is 0 Å². The van der Waals surface area contributed by atoms with Gasteiger partial charge in [0.15, 0.2) is 0 Å². The molecular weight excluding hydrogens is 229 g/mol. The van der Waals surface area contributed by atoms with Gasteiger partial charge in [-0.25, -0.2) is 4.79 Å². The molecule has 0 bridgehead atoms. The van der Waals surface area contributed by atoms with Crippen molar-refractivity contribution in [1.29, 1.82) is 0 Å². The Hall–Kier alpha value is -0.884. The van der Waals surface area contributed by atoms with Crippen LogP contribution in [-0.4, -0.2) is 29.3 Å². The van der Waals surface area contributed by atoms with Gasteiger partial charge in [-0.05, 0) is 12.1 Å². The molecule has 0 amide bonds. The van der Waals surface area contributed by atoms with Crippen LogP contribution in [0.4, 0.5) is 0 Å². The molecule has 4 N–H and O–H groups in total. The zero-order valence-corrected chi connectivity index (χ0v) is 8.56. The van der Waals surface area contributed by atoms with Gasteiger partial charge in [0, 0.05) is 23.3 Å². The van der Waals surface area contributed by atoms with Gasteiger partial charge < -0.3 is 15.9 Å². The van der Waals surface area contributed by atoms with E-state index in [1.54, 1.807) is 30.3 Å². The van der Waals surface area contributed by atoms with Gasteiger partial charge in [-0.3, -0.25) is 0 Å². The minimum absolute atomic E-state index is 0. The maximum atomic E-state index is 10.2. The first kappa shape index (κ1) is 15.6. The smallest absolute Gasteiger partial charge is 0.335 e. The van der Waals surface area contributed by atoms with E-state index in [1.165, 1.54) is 0 Å².